The van der Waals surface area contributed by atoms with Crippen LogP contribution in [0, 0.1) is 6.92 Å². The van der Waals surface area contributed by atoms with Crippen LogP contribution in [0.15, 0.2) is 29.6 Å². The number of hydrogen-bond acceptors (Lipinski definition) is 6. The summed E-state index contributed by atoms with van der Waals surface area (Å²) in [7, 11) is 1.67. The van der Waals surface area contributed by atoms with E-state index in [1.54, 1.807) is 25.4 Å². The Labute approximate surface area is 162 Å². The first-order valence-corrected chi connectivity index (χ1v) is 9.85. The van der Waals surface area contributed by atoms with E-state index in [-0.39, 0.29) is 5.91 Å². The third-order valence-corrected chi connectivity index (χ3v) is 5.82. The van der Waals surface area contributed by atoms with Crippen LogP contribution < -0.4 is 9.64 Å². The Bertz CT molecular complexity index is 976. The summed E-state index contributed by atoms with van der Waals surface area (Å²) in [5.41, 5.74) is 2.26. The SMILES string of the molecule is COc1ccc(-c2csc3nc(C)nc(N4CCN(C(C)=O)CC4)c23)cc1. The molecule has 6 nitrogen and oxygen atoms in total. The molecule has 3 aromatic rings. The van der Waals surface area contributed by atoms with Crippen molar-refractivity contribution in [3.63, 3.8) is 0 Å². The van der Waals surface area contributed by atoms with Crippen molar-refractivity contribution in [2.45, 2.75) is 13.8 Å². The molecule has 0 atom stereocenters. The smallest absolute Gasteiger partial charge is 0.219 e. The zero-order valence-electron chi connectivity index (χ0n) is 15.7. The molecular weight excluding hydrogens is 360 g/mol. The van der Waals surface area contributed by atoms with Crippen molar-refractivity contribution in [2.24, 2.45) is 0 Å². The van der Waals surface area contributed by atoms with Crippen LogP contribution in [0.3, 0.4) is 0 Å². The zero-order valence-corrected chi connectivity index (χ0v) is 16.5. The molecule has 0 spiro atoms. The molecule has 1 aliphatic heterocycles. The second-order valence-corrected chi connectivity index (χ2v) is 7.50. The number of fused-ring (bicyclic) bond motifs is 1. The topological polar surface area (TPSA) is 58.6 Å². The highest BCUT2D eigenvalue weighted by Gasteiger charge is 2.24. The molecule has 7 heteroatoms. The summed E-state index contributed by atoms with van der Waals surface area (Å²) >= 11 is 1.64. The van der Waals surface area contributed by atoms with E-state index in [0.717, 1.165) is 64.9 Å². The molecule has 1 aromatic carbocycles. The van der Waals surface area contributed by atoms with E-state index >= 15 is 0 Å². The molecule has 0 bridgehead atoms. The molecular formula is C20H22N4O2S. The molecule has 2 aromatic heterocycles. The summed E-state index contributed by atoms with van der Waals surface area (Å²) in [5, 5.41) is 3.24. The summed E-state index contributed by atoms with van der Waals surface area (Å²) < 4.78 is 5.28. The molecule has 0 aliphatic carbocycles. The fourth-order valence-electron chi connectivity index (χ4n) is 3.47. The van der Waals surface area contributed by atoms with Gasteiger partial charge in [0.1, 0.15) is 22.2 Å². The number of carbonyl (C=O) groups excluding carboxylic acids is 1. The fourth-order valence-corrected chi connectivity index (χ4v) is 4.46. The first kappa shape index (κ1) is 17.7. The molecule has 1 fully saturated rings. The minimum absolute atomic E-state index is 0.133. The second kappa shape index (κ2) is 7.15. The number of aromatic nitrogens is 2. The first-order valence-electron chi connectivity index (χ1n) is 8.97. The Balaban J connectivity index is 1.76. The van der Waals surface area contributed by atoms with E-state index in [1.165, 1.54) is 0 Å². The maximum atomic E-state index is 11.6. The molecule has 0 radical (unpaired) electrons. The summed E-state index contributed by atoms with van der Waals surface area (Å²) in [5.74, 6) is 2.71. The van der Waals surface area contributed by atoms with Crippen LogP contribution >= 0.6 is 11.3 Å². The van der Waals surface area contributed by atoms with Gasteiger partial charge in [-0.25, -0.2) is 9.97 Å². The number of methoxy groups -OCH3 is 1. The number of benzene rings is 1. The predicted octanol–water partition coefficient (Wildman–Crippen LogP) is 3.34. The Morgan fingerprint density at radius 1 is 1.11 bits per heavy atom. The average Bonchev–Trinajstić information content (AvgIpc) is 3.11. The van der Waals surface area contributed by atoms with Crippen molar-refractivity contribution in [1.29, 1.82) is 0 Å². The van der Waals surface area contributed by atoms with Crippen molar-refractivity contribution < 1.29 is 9.53 Å². The van der Waals surface area contributed by atoms with E-state index in [2.05, 4.69) is 27.4 Å². The van der Waals surface area contributed by atoms with Gasteiger partial charge in [0, 0.05) is 44.0 Å². The molecule has 0 N–H and O–H groups in total. The van der Waals surface area contributed by atoms with Crippen LogP contribution in [0.4, 0.5) is 5.82 Å². The van der Waals surface area contributed by atoms with Crippen LogP contribution in [0.1, 0.15) is 12.7 Å². The fraction of sp³-hybridized carbons (Fsp3) is 0.350. The van der Waals surface area contributed by atoms with Crippen LogP contribution in [-0.4, -0.2) is 54.1 Å². The number of rotatable bonds is 3. The summed E-state index contributed by atoms with van der Waals surface area (Å²) in [6.45, 7) is 6.57. The third-order valence-electron chi connectivity index (χ3n) is 4.95. The van der Waals surface area contributed by atoms with Gasteiger partial charge in [-0.1, -0.05) is 12.1 Å². The lowest BCUT2D eigenvalue weighted by molar-refractivity contribution is -0.129. The van der Waals surface area contributed by atoms with Gasteiger partial charge in [0.05, 0.1) is 12.5 Å². The van der Waals surface area contributed by atoms with Crippen molar-refractivity contribution in [3.05, 3.63) is 35.5 Å². The Kier molecular flexibility index (Phi) is 4.70. The van der Waals surface area contributed by atoms with E-state index < -0.39 is 0 Å². The molecule has 140 valence electrons. The van der Waals surface area contributed by atoms with E-state index in [1.807, 2.05) is 24.0 Å². The quantitative estimate of drug-likeness (QED) is 0.695. The van der Waals surface area contributed by atoms with Gasteiger partial charge in [0.25, 0.3) is 0 Å². The third kappa shape index (κ3) is 3.35. The Hall–Kier alpha value is -2.67. The molecule has 4 rings (SSSR count). The summed E-state index contributed by atoms with van der Waals surface area (Å²) in [6.07, 6.45) is 0. The molecule has 3 heterocycles. The highest BCUT2D eigenvalue weighted by Crippen LogP contribution is 2.39. The monoisotopic (exact) mass is 382 g/mol. The van der Waals surface area contributed by atoms with Gasteiger partial charge in [-0.05, 0) is 24.6 Å². The number of aryl methyl sites for hydroxylation is 1. The van der Waals surface area contributed by atoms with E-state index in [4.69, 9.17) is 9.72 Å². The van der Waals surface area contributed by atoms with Crippen molar-refractivity contribution in [1.82, 2.24) is 14.9 Å². The molecule has 0 unspecified atom stereocenters. The molecule has 0 saturated carbocycles. The Morgan fingerprint density at radius 2 is 1.81 bits per heavy atom. The highest BCUT2D eigenvalue weighted by molar-refractivity contribution is 7.17. The highest BCUT2D eigenvalue weighted by atomic mass is 32.1. The molecule has 1 aliphatic rings. The van der Waals surface area contributed by atoms with E-state index in [9.17, 15) is 4.79 Å². The van der Waals surface area contributed by atoms with E-state index in [0.29, 0.717) is 0 Å². The van der Waals surface area contributed by atoms with Crippen LogP contribution in [0.2, 0.25) is 0 Å². The number of piperazine rings is 1. The van der Waals surface area contributed by atoms with Gasteiger partial charge in [-0.2, -0.15) is 0 Å². The van der Waals surface area contributed by atoms with Crippen LogP contribution in [-0.2, 0) is 4.79 Å². The Morgan fingerprint density at radius 3 is 2.44 bits per heavy atom. The first-order chi connectivity index (χ1) is 13.1. The maximum Gasteiger partial charge on any atom is 0.219 e. The minimum Gasteiger partial charge on any atom is -0.497 e. The van der Waals surface area contributed by atoms with Crippen LogP contribution in [0.5, 0.6) is 5.75 Å². The van der Waals surface area contributed by atoms with Gasteiger partial charge in [0.15, 0.2) is 0 Å². The normalized spacial score (nSPS) is 14.6. The molecule has 27 heavy (non-hydrogen) atoms. The standard InChI is InChI=1S/C20H22N4O2S/c1-13-21-19(24-10-8-23(9-11-24)14(2)25)18-17(12-27-20(18)22-13)15-4-6-16(26-3)7-5-15/h4-7,12H,8-11H2,1-3H3. The average molecular weight is 382 g/mol. The van der Waals surface area contributed by atoms with Crippen LogP contribution in [0.25, 0.3) is 21.3 Å². The number of nitrogens with zero attached hydrogens (tertiary/aromatic N) is 4. The van der Waals surface area contributed by atoms with Crippen molar-refractivity contribution in [2.75, 3.05) is 38.2 Å². The van der Waals surface area contributed by atoms with Gasteiger partial charge in [-0.3, -0.25) is 4.79 Å². The largest absolute Gasteiger partial charge is 0.497 e. The number of thiophene rings is 1. The number of ether oxygens (including phenoxy) is 1. The lowest BCUT2D eigenvalue weighted by atomic mass is 10.1. The lowest BCUT2D eigenvalue weighted by Gasteiger charge is -2.35. The maximum absolute atomic E-state index is 11.6. The number of hydrogen-bond donors (Lipinski definition) is 0. The number of amides is 1. The van der Waals surface area contributed by atoms with Crippen molar-refractivity contribution >= 4 is 33.3 Å². The van der Waals surface area contributed by atoms with Crippen molar-refractivity contribution in [3.8, 4) is 16.9 Å². The summed E-state index contributed by atoms with van der Waals surface area (Å²) in [6, 6.07) is 8.08. The van der Waals surface area contributed by atoms with Gasteiger partial charge in [0.2, 0.25) is 5.91 Å². The van der Waals surface area contributed by atoms with Gasteiger partial charge >= 0.3 is 0 Å². The second-order valence-electron chi connectivity index (χ2n) is 6.65. The zero-order chi connectivity index (χ0) is 19.0. The number of anilines is 1. The minimum atomic E-state index is 0.133. The molecule has 1 amide bonds. The predicted molar refractivity (Wildman–Crippen MR) is 109 cm³/mol. The molecule has 1 saturated heterocycles. The van der Waals surface area contributed by atoms with Gasteiger partial charge in [-0.15, -0.1) is 11.3 Å². The lowest BCUT2D eigenvalue weighted by Crippen LogP contribution is -2.48. The number of carbonyl (C=O) groups is 1. The summed E-state index contributed by atoms with van der Waals surface area (Å²) in [4.78, 5) is 26.2. The van der Waals surface area contributed by atoms with Gasteiger partial charge < -0.3 is 14.5 Å².